The summed E-state index contributed by atoms with van der Waals surface area (Å²) in [6, 6.07) is 9.88. The topological polar surface area (TPSA) is 55.1 Å². The summed E-state index contributed by atoms with van der Waals surface area (Å²) >= 11 is 5.73. The molecule has 0 saturated heterocycles. The highest BCUT2D eigenvalue weighted by atomic mass is 35.5. The smallest absolute Gasteiger partial charge is 0.252 e. The standard InChI is InChI=1S/C14H10ClFN2O2/c1-19-11-4-2-9(3-5-11)8-20-14-12(16)6-10(7-17)13(15)18-14/h2-6H,8H2,1H3. The Hall–Kier alpha value is -2.32. The molecule has 4 nitrogen and oxygen atoms in total. The first-order valence-electron chi connectivity index (χ1n) is 5.66. The van der Waals surface area contributed by atoms with E-state index >= 15 is 0 Å². The summed E-state index contributed by atoms with van der Waals surface area (Å²) < 4.78 is 23.9. The molecule has 0 spiro atoms. The van der Waals surface area contributed by atoms with E-state index in [0.29, 0.717) is 0 Å². The average Bonchev–Trinajstić information content (AvgIpc) is 2.48. The molecule has 20 heavy (non-hydrogen) atoms. The van der Waals surface area contributed by atoms with E-state index in [1.54, 1.807) is 37.4 Å². The van der Waals surface area contributed by atoms with Gasteiger partial charge < -0.3 is 9.47 Å². The summed E-state index contributed by atoms with van der Waals surface area (Å²) in [5.74, 6) is -0.233. The number of pyridine rings is 1. The zero-order valence-electron chi connectivity index (χ0n) is 10.6. The van der Waals surface area contributed by atoms with Gasteiger partial charge in [0.25, 0.3) is 5.88 Å². The van der Waals surface area contributed by atoms with Gasteiger partial charge in [-0.2, -0.15) is 10.2 Å². The molecule has 2 aromatic rings. The Labute approximate surface area is 120 Å². The van der Waals surface area contributed by atoms with E-state index in [0.717, 1.165) is 17.4 Å². The minimum atomic E-state index is -0.723. The van der Waals surface area contributed by atoms with Crippen molar-refractivity contribution < 1.29 is 13.9 Å². The van der Waals surface area contributed by atoms with Gasteiger partial charge >= 0.3 is 0 Å². The van der Waals surface area contributed by atoms with Crippen molar-refractivity contribution in [1.29, 1.82) is 5.26 Å². The second-order valence-corrected chi connectivity index (χ2v) is 4.22. The number of rotatable bonds is 4. The van der Waals surface area contributed by atoms with Crippen LogP contribution in [0.15, 0.2) is 30.3 Å². The lowest BCUT2D eigenvalue weighted by Gasteiger charge is -2.08. The van der Waals surface area contributed by atoms with Gasteiger partial charge in [0.05, 0.1) is 12.7 Å². The Bertz CT molecular complexity index is 653. The van der Waals surface area contributed by atoms with E-state index in [2.05, 4.69) is 4.98 Å². The van der Waals surface area contributed by atoms with Gasteiger partial charge in [0, 0.05) is 6.07 Å². The fourth-order valence-electron chi connectivity index (χ4n) is 1.50. The van der Waals surface area contributed by atoms with Gasteiger partial charge in [0.1, 0.15) is 18.4 Å². The van der Waals surface area contributed by atoms with Crippen LogP contribution >= 0.6 is 11.6 Å². The van der Waals surface area contributed by atoms with E-state index in [-0.39, 0.29) is 23.2 Å². The van der Waals surface area contributed by atoms with Gasteiger partial charge in [-0.05, 0) is 17.7 Å². The van der Waals surface area contributed by atoms with Crippen LogP contribution in [0, 0.1) is 17.1 Å². The minimum Gasteiger partial charge on any atom is -0.497 e. The fourth-order valence-corrected chi connectivity index (χ4v) is 1.68. The van der Waals surface area contributed by atoms with Crippen LogP contribution in [0.4, 0.5) is 4.39 Å². The van der Waals surface area contributed by atoms with Crippen molar-refractivity contribution in [2.45, 2.75) is 6.61 Å². The maximum Gasteiger partial charge on any atom is 0.252 e. The molecule has 0 bridgehead atoms. The lowest BCUT2D eigenvalue weighted by atomic mass is 10.2. The minimum absolute atomic E-state index is 0.0269. The SMILES string of the molecule is COc1ccc(COc2nc(Cl)c(C#N)cc2F)cc1. The molecule has 0 amide bonds. The van der Waals surface area contributed by atoms with Crippen molar-refractivity contribution in [3.63, 3.8) is 0 Å². The van der Waals surface area contributed by atoms with Crippen LogP contribution < -0.4 is 9.47 Å². The molecule has 0 N–H and O–H groups in total. The average molecular weight is 293 g/mol. The van der Waals surface area contributed by atoms with Gasteiger partial charge in [-0.15, -0.1) is 0 Å². The third-order valence-electron chi connectivity index (χ3n) is 2.55. The van der Waals surface area contributed by atoms with E-state index in [4.69, 9.17) is 26.3 Å². The summed E-state index contributed by atoms with van der Waals surface area (Å²) in [5, 5.41) is 8.61. The Morgan fingerprint density at radius 1 is 1.35 bits per heavy atom. The number of ether oxygens (including phenoxy) is 2. The molecule has 0 saturated carbocycles. The first-order valence-corrected chi connectivity index (χ1v) is 6.03. The van der Waals surface area contributed by atoms with Crippen molar-refractivity contribution in [2.24, 2.45) is 0 Å². The maximum absolute atomic E-state index is 13.6. The second-order valence-electron chi connectivity index (χ2n) is 3.86. The van der Waals surface area contributed by atoms with Crippen LogP contribution in [-0.4, -0.2) is 12.1 Å². The highest BCUT2D eigenvalue weighted by Crippen LogP contribution is 2.22. The first-order chi connectivity index (χ1) is 9.63. The number of aromatic nitrogens is 1. The molecule has 0 aliphatic carbocycles. The van der Waals surface area contributed by atoms with Crippen LogP contribution in [0.1, 0.15) is 11.1 Å². The summed E-state index contributed by atoms with van der Waals surface area (Å²) in [4.78, 5) is 3.71. The van der Waals surface area contributed by atoms with E-state index in [1.807, 2.05) is 0 Å². The molecule has 1 aromatic heterocycles. The molecule has 0 aliphatic rings. The Morgan fingerprint density at radius 2 is 2.05 bits per heavy atom. The molecule has 0 fully saturated rings. The molecule has 1 heterocycles. The Morgan fingerprint density at radius 3 is 2.65 bits per heavy atom. The quantitative estimate of drug-likeness (QED) is 0.811. The molecule has 0 atom stereocenters. The van der Waals surface area contributed by atoms with Gasteiger partial charge in [-0.25, -0.2) is 4.39 Å². The lowest BCUT2D eigenvalue weighted by molar-refractivity contribution is 0.277. The molecule has 2 rings (SSSR count). The molecule has 0 unspecified atom stereocenters. The fraction of sp³-hybridized carbons (Fsp3) is 0.143. The summed E-state index contributed by atoms with van der Waals surface area (Å²) in [6.45, 7) is 0.135. The summed E-state index contributed by atoms with van der Waals surface area (Å²) in [5.41, 5.74) is 0.799. The predicted octanol–water partition coefficient (Wildman–Crippen LogP) is 3.33. The monoisotopic (exact) mass is 292 g/mol. The second kappa shape index (κ2) is 6.22. The zero-order chi connectivity index (χ0) is 14.5. The number of hydrogen-bond acceptors (Lipinski definition) is 4. The molecule has 6 heteroatoms. The van der Waals surface area contributed by atoms with Crippen molar-refractivity contribution in [3.8, 4) is 17.7 Å². The molecule has 1 aromatic carbocycles. The summed E-state index contributed by atoms with van der Waals surface area (Å²) in [7, 11) is 1.57. The van der Waals surface area contributed by atoms with Gasteiger partial charge in [-0.1, -0.05) is 23.7 Å². The van der Waals surface area contributed by atoms with Crippen molar-refractivity contribution in [3.05, 3.63) is 52.4 Å². The van der Waals surface area contributed by atoms with Gasteiger partial charge in [0.15, 0.2) is 11.0 Å². The van der Waals surface area contributed by atoms with E-state index < -0.39 is 5.82 Å². The summed E-state index contributed by atoms with van der Waals surface area (Å²) in [6.07, 6.45) is 0. The molecule has 0 aliphatic heterocycles. The lowest BCUT2D eigenvalue weighted by Crippen LogP contribution is -2.01. The van der Waals surface area contributed by atoms with Crippen LogP contribution in [0.5, 0.6) is 11.6 Å². The first kappa shape index (κ1) is 14.1. The highest BCUT2D eigenvalue weighted by molar-refractivity contribution is 6.30. The molecule has 102 valence electrons. The number of hydrogen-bond donors (Lipinski definition) is 0. The predicted molar refractivity (Wildman–Crippen MR) is 71.2 cm³/mol. The molecule has 0 radical (unpaired) electrons. The van der Waals surface area contributed by atoms with E-state index in [1.165, 1.54) is 0 Å². The van der Waals surface area contributed by atoms with Gasteiger partial charge in [0.2, 0.25) is 0 Å². The van der Waals surface area contributed by atoms with Gasteiger partial charge in [-0.3, -0.25) is 0 Å². The Kier molecular flexibility index (Phi) is 4.38. The van der Waals surface area contributed by atoms with E-state index in [9.17, 15) is 4.39 Å². The third-order valence-corrected chi connectivity index (χ3v) is 2.84. The molecular weight excluding hydrogens is 283 g/mol. The zero-order valence-corrected chi connectivity index (χ0v) is 11.3. The largest absolute Gasteiger partial charge is 0.497 e. The normalized spacial score (nSPS) is 9.90. The number of nitrogens with zero attached hydrogens (tertiary/aromatic N) is 2. The Balaban J connectivity index is 2.10. The van der Waals surface area contributed by atoms with Crippen molar-refractivity contribution >= 4 is 11.6 Å². The number of methoxy groups -OCH3 is 1. The number of halogens is 2. The maximum atomic E-state index is 13.6. The third kappa shape index (κ3) is 3.16. The van der Waals surface area contributed by atoms with Crippen LogP contribution in [0.3, 0.4) is 0 Å². The van der Waals surface area contributed by atoms with Crippen molar-refractivity contribution in [1.82, 2.24) is 4.98 Å². The van der Waals surface area contributed by atoms with Crippen molar-refractivity contribution in [2.75, 3.05) is 7.11 Å². The highest BCUT2D eigenvalue weighted by Gasteiger charge is 2.11. The van der Waals surface area contributed by atoms with Crippen LogP contribution in [0.25, 0.3) is 0 Å². The number of nitriles is 1. The molecular formula is C14H10ClFN2O2. The van der Waals surface area contributed by atoms with Crippen LogP contribution in [-0.2, 0) is 6.61 Å². The van der Waals surface area contributed by atoms with Crippen LogP contribution in [0.2, 0.25) is 5.15 Å². The number of benzene rings is 1.